The van der Waals surface area contributed by atoms with Crippen molar-refractivity contribution in [3.8, 4) is 0 Å². The van der Waals surface area contributed by atoms with Gasteiger partial charge < -0.3 is 5.32 Å². The molecule has 1 aliphatic heterocycles. The molecule has 5 nitrogen and oxygen atoms in total. The molecule has 1 unspecified atom stereocenters. The molecular weight excluding hydrogens is 262 g/mol. The Bertz CT molecular complexity index is 530. The number of nitrogens with one attached hydrogen (secondary N) is 1. The van der Waals surface area contributed by atoms with Gasteiger partial charge in [-0.3, -0.25) is 0 Å². The van der Waals surface area contributed by atoms with Gasteiger partial charge in [0.1, 0.15) is 0 Å². The number of rotatable bonds is 4. The average molecular weight is 283 g/mol. The molecule has 0 radical (unpaired) electrons. The second-order valence-electron chi connectivity index (χ2n) is 5.00. The van der Waals surface area contributed by atoms with Crippen molar-refractivity contribution >= 4 is 15.7 Å². The largest absolute Gasteiger partial charge is 0.383 e. The first-order chi connectivity index (χ1) is 9.05. The van der Waals surface area contributed by atoms with Crippen LogP contribution in [0.15, 0.2) is 23.4 Å². The highest BCUT2D eigenvalue weighted by Gasteiger charge is 2.31. The molecule has 6 heteroatoms. The number of piperidine rings is 1. The van der Waals surface area contributed by atoms with Gasteiger partial charge in [-0.05, 0) is 37.8 Å². The van der Waals surface area contributed by atoms with Crippen LogP contribution in [0.1, 0.15) is 26.7 Å². The van der Waals surface area contributed by atoms with Crippen LogP contribution in [0.5, 0.6) is 0 Å². The van der Waals surface area contributed by atoms with Gasteiger partial charge in [0, 0.05) is 25.8 Å². The SMILES string of the molecule is CCNc1cccnc1S(=O)(=O)N1CCCC(C)C1. The third kappa shape index (κ3) is 3.06. The fourth-order valence-electron chi connectivity index (χ4n) is 2.41. The lowest BCUT2D eigenvalue weighted by Gasteiger charge is -2.30. The Hall–Kier alpha value is -1.14. The summed E-state index contributed by atoms with van der Waals surface area (Å²) in [6.07, 6.45) is 3.54. The molecule has 1 aromatic rings. The molecule has 2 heterocycles. The van der Waals surface area contributed by atoms with Crippen molar-refractivity contribution in [1.82, 2.24) is 9.29 Å². The van der Waals surface area contributed by atoms with Crippen molar-refractivity contribution in [1.29, 1.82) is 0 Å². The zero-order valence-corrected chi connectivity index (χ0v) is 12.3. The number of pyridine rings is 1. The highest BCUT2D eigenvalue weighted by atomic mass is 32.2. The zero-order chi connectivity index (χ0) is 13.9. The molecule has 1 aliphatic rings. The topological polar surface area (TPSA) is 62.3 Å². The van der Waals surface area contributed by atoms with Gasteiger partial charge in [-0.15, -0.1) is 0 Å². The summed E-state index contributed by atoms with van der Waals surface area (Å²) in [7, 11) is -3.49. The summed E-state index contributed by atoms with van der Waals surface area (Å²) in [4.78, 5) is 4.08. The van der Waals surface area contributed by atoms with Crippen LogP contribution in [0.25, 0.3) is 0 Å². The van der Waals surface area contributed by atoms with Crippen molar-refractivity contribution < 1.29 is 8.42 Å². The number of hydrogen-bond donors (Lipinski definition) is 1. The van der Waals surface area contributed by atoms with Crippen molar-refractivity contribution in [3.05, 3.63) is 18.3 Å². The molecule has 0 saturated carbocycles. The predicted octanol–water partition coefficient (Wildman–Crippen LogP) is 1.93. The Labute approximate surface area is 115 Å². The molecule has 106 valence electrons. The molecule has 1 N–H and O–H groups in total. The second-order valence-corrected chi connectivity index (χ2v) is 6.85. The monoisotopic (exact) mass is 283 g/mol. The molecule has 19 heavy (non-hydrogen) atoms. The van der Waals surface area contributed by atoms with E-state index in [2.05, 4.69) is 17.2 Å². The van der Waals surface area contributed by atoms with Gasteiger partial charge in [-0.1, -0.05) is 6.92 Å². The summed E-state index contributed by atoms with van der Waals surface area (Å²) < 4.78 is 26.9. The Balaban J connectivity index is 2.33. The lowest BCUT2D eigenvalue weighted by Crippen LogP contribution is -2.39. The molecule has 2 rings (SSSR count). The molecule has 1 aromatic heterocycles. The van der Waals surface area contributed by atoms with Crippen LogP contribution in [0, 0.1) is 5.92 Å². The van der Waals surface area contributed by atoms with E-state index in [9.17, 15) is 8.42 Å². The first-order valence-electron chi connectivity index (χ1n) is 6.74. The molecule has 0 bridgehead atoms. The molecule has 1 fully saturated rings. The summed E-state index contributed by atoms with van der Waals surface area (Å²) in [5, 5.41) is 3.21. The van der Waals surface area contributed by atoms with Crippen LogP contribution >= 0.6 is 0 Å². The molecule has 0 aliphatic carbocycles. The van der Waals surface area contributed by atoms with Crippen molar-refractivity contribution in [2.75, 3.05) is 25.0 Å². The fraction of sp³-hybridized carbons (Fsp3) is 0.615. The summed E-state index contributed by atoms with van der Waals surface area (Å²) in [6, 6.07) is 3.51. The Morgan fingerprint density at radius 1 is 1.53 bits per heavy atom. The van der Waals surface area contributed by atoms with E-state index in [1.807, 2.05) is 6.92 Å². The van der Waals surface area contributed by atoms with Crippen LogP contribution in [-0.4, -0.2) is 37.3 Å². The maximum absolute atomic E-state index is 12.7. The van der Waals surface area contributed by atoms with E-state index in [-0.39, 0.29) is 5.03 Å². The van der Waals surface area contributed by atoms with Crippen molar-refractivity contribution in [2.24, 2.45) is 5.92 Å². The second kappa shape index (κ2) is 5.88. The summed E-state index contributed by atoms with van der Waals surface area (Å²) in [5.41, 5.74) is 0.586. The van der Waals surface area contributed by atoms with Gasteiger partial charge in [0.25, 0.3) is 10.0 Å². The molecule has 0 amide bonds. The number of hydrogen-bond acceptors (Lipinski definition) is 4. The summed E-state index contributed by atoms with van der Waals surface area (Å²) in [6.45, 7) is 5.88. The number of nitrogens with zero attached hydrogens (tertiary/aromatic N) is 2. The first-order valence-corrected chi connectivity index (χ1v) is 8.18. The highest BCUT2D eigenvalue weighted by Crippen LogP contribution is 2.26. The van der Waals surface area contributed by atoms with Gasteiger partial charge in [0.15, 0.2) is 5.03 Å². The zero-order valence-electron chi connectivity index (χ0n) is 11.5. The van der Waals surface area contributed by atoms with E-state index in [0.717, 1.165) is 12.8 Å². The summed E-state index contributed by atoms with van der Waals surface area (Å²) >= 11 is 0. The highest BCUT2D eigenvalue weighted by molar-refractivity contribution is 7.89. The quantitative estimate of drug-likeness (QED) is 0.917. The van der Waals surface area contributed by atoms with Gasteiger partial charge in [-0.2, -0.15) is 4.31 Å². The lowest BCUT2D eigenvalue weighted by atomic mass is 10.0. The fourth-order valence-corrected chi connectivity index (χ4v) is 4.09. The minimum Gasteiger partial charge on any atom is -0.383 e. The lowest BCUT2D eigenvalue weighted by molar-refractivity contribution is 0.280. The van der Waals surface area contributed by atoms with Crippen LogP contribution in [0.3, 0.4) is 0 Å². The van der Waals surface area contributed by atoms with E-state index < -0.39 is 10.0 Å². The van der Waals surface area contributed by atoms with E-state index in [1.165, 1.54) is 6.20 Å². The predicted molar refractivity (Wildman–Crippen MR) is 75.6 cm³/mol. The van der Waals surface area contributed by atoms with Crippen molar-refractivity contribution in [3.63, 3.8) is 0 Å². The van der Waals surface area contributed by atoms with Crippen LogP contribution in [-0.2, 0) is 10.0 Å². The van der Waals surface area contributed by atoms with Gasteiger partial charge in [0.2, 0.25) is 0 Å². The van der Waals surface area contributed by atoms with E-state index in [4.69, 9.17) is 0 Å². The third-order valence-electron chi connectivity index (χ3n) is 3.34. The van der Waals surface area contributed by atoms with Gasteiger partial charge in [0.05, 0.1) is 5.69 Å². The normalized spacial score (nSPS) is 21.3. The maximum Gasteiger partial charge on any atom is 0.262 e. The standard InChI is InChI=1S/C13H21N3O2S/c1-3-14-12-7-4-8-15-13(12)19(17,18)16-9-5-6-11(2)10-16/h4,7-8,11,14H,3,5-6,9-10H2,1-2H3. The minimum atomic E-state index is -3.49. The smallest absolute Gasteiger partial charge is 0.262 e. The first kappa shape index (κ1) is 14.3. The number of sulfonamides is 1. The Morgan fingerprint density at radius 2 is 2.32 bits per heavy atom. The molecule has 1 atom stereocenters. The van der Waals surface area contributed by atoms with Crippen LogP contribution in [0.2, 0.25) is 0 Å². The van der Waals surface area contributed by atoms with Crippen molar-refractivity contribution in [2.45, 2.75) is 31.7 Å². The van der Waals surface area contributed by atoms with E-state index in [0.29, 0.717) is 31.2 Å². The van der Waals surface area contributed by atoms with Gasteiger partial charge in [-0.25, -0.2) is 13.4 Å². The molecular formula is C13H21N3O2S. The average Bonchev–Trinajstić information content (AvgIpc) is 2.39. The Morgan fingerprint density at radius 3 is 3.00 bits per heavy atom. The van der Waals surface area contributed by atoms with Crippen LogP contribution < -0.4 is 5.32 Å². The molecule has 0 aromatic carbocycles. The maximum atomic E-state index is 12.7. The number of aromatic nitrogens is 1. The van der Waals surface area contributed by atoms with E-state index in [1.54, 1.807) is 16.4 Å². The molecule has 0 spiro atoms. The van der Waals surface area contributed by atoms with E-state index >= 15 is 0 Å². The summed E-state index contributed by atoms with van der Waals surface area (Å²) in [5.74, 6) is 0.412. The third-order valence-corrected chi connectivity index (χ3v) is 5.17. The minimum absolute atomic E-state index is 0.144. The Kier molecular flexibility index (Phi) is 4.42. The van der Waals surface area contributed by atoms with Crippen LogP contribution in [0.4, 0.5) is 5.69 Å². The van der Waals surface area contributed by atoms with Gasteiger partial charge >= 0.3 is 0 Å². The molecule has 1 saturated heterocycles. The number of anilines is 1.